The summed E-state index contributed by atoms with van der Waals surface area (Å²) in [6.45, 7) is 10.8. The van der Waals surface area contributed by atoms with Crippen molar-refractivity contribution in [2.75, 3.05) is 17.2 Å². The number of nitrogens with zero attached hydrogens (tertiary/aromatic N) is 1. The number of hydrogen-bond donors (Lipinski definition) is 0. The van der Waals surface area contributed by atoms with Crippen molar-refractivity contribution >= 4 is 22.0 Å². The van der Waals surface area contributed by atoms with Gasteiger partial charge in [-0.3, -0.25) is 0 Å². The molecule has 0 bridgehead atoms. The fourth-order valence-corrected chi connectivity index (χ4v) is 3.37. The van der Waals surface area contributed by atoms with Gasteiger partial charge < -0.3 is 4.90 Å². The molecule has 0 saturated carbocycles. The minimum absolute atomic E-state index is 0.184. The standard InChI is InChI=1S/C16H19F2NS/c1-11-7-13(3)19(9-11)15-8-14(6-5-12(15)2)20(4)10-16(17)18/h5-6,8,16H,1,3-4,7,9-10H2,2H3. The summed E-state index contributed by atoms with van der Waals surface area (Å²) in [4.78, 5) is 2.98. The molecule has 1 fully saturated rings. The summed E-state index contributed by atoms with van der Waals surface area (Å²) >= 11 is 0. The van der Waals surface area contributed by atoms with E-state index in [1.54, 1.807) is 0 Å². The van der Waals surface area contributed by atoms with E-state index in [0.29, 0.717) is 0 Å². The summed E-state index contributed by atoms with van der Waals surface area (Å²) in [5.74, 6) is 3.68. The summed E-state index contributed by atoms with van der Waals surface area (Å²) in [5.41, 5.74) is 4.27. The van der Waals surface area contributed by atoms with Crippen LogP contribution in [0.4, 0.5) is 14.5 Å². The first-order valence-corrected chi connectivity index (χ1v) is 7.96. The maximum Gasteiger partial charge on any atom is 0.247 e. The van der Waals surface area contributed by atoms with E-state index in [0.717, 1.165) is 40.4 Å². The highest BCUT2D eigenvalue weighted by molar-refractivity contribution is 8.14. The van der Waals surface area contributed by atoms with E-state index in [1.807, 2.05) is 25.1 Å². The molecule has 1 aromatic rings. The van der Waals surface area contributed by atoms with E-state index < -0.39 is 16.9 Å². The van der Waals surface area contributed by atoms with Gasteiger partial charge in [0, 0.05) is 29.2 Å². The Kier molecular flexibility index (Phi) is 4.43. The van der Waals surface area contributed by atoms with Crippen LogP contribution in [0.1, 0.15) is 12.0 Å². The molecule has 4 heteroatoms. The Bertz CT molecular complexity index is 578. The van der Waals surface area contributed by atoms with E-state index in [-0.39, 0.29) is 5.75 Å². The number of rotatable bonds is 4. The molecule has 2 rings (SSSR count). The molecule has 1 aliphatic heterocycles. The average Bonchev–Trinajstić information content (AvgIpc) is 2.68. The zero-order valence-electron chi connectivity index (χ0n) is 11.7. The average molecular weight is 295 g/mol. The highest BCUT2D eigenvalue weighted by Gasteiger charge is 2.21. The van der Waals surface area contributed by atoms with E-state index in [1.165, 1.54) is 0 Å². The molecule has 0 spiro atoms. The summed E-state index contributed by atoms with van der Waals surface area (Å²) in [5, 5.41) is 0. The molecule has 0 N–H and O–H groups in total. The smallest absolute Gasteiger partial charge is 0.247 e. The Morgan fingerprint density at radius 1 is 1.35 bits per heavy atom. The molecule has 1 unspecified atom stereocenters. The fraction of sp³-hybridized carbons (Fsp3) is 0.312. The van der Waals surface area contributed by atoms with Crippen LogP contribution in [0.5, 0.6) is 0 Å². The van der Waals surface area contributed by atoms with Gasteiger partial charge in [0.2, 0.25) is 6.43 Å². The summed E-state index contributed by atoms with van der Waals surface area (Å²) < 4.78 is 25.0. The van der Waals surface area contributed by atoms with Crippen LogP contribution in [0, 0.1) is 6.92 Å². The van der Waals surface area contributed by atoms with Crippen LogP contribution >= 0.6 is 10.5 Å². The number of halogens is 2. The predicted octanol–water partition coefficient (Wildman–Crippen LogP) is 4.60. The molecule has 0 aromatic heterocycles. The van der Waals surface area contributed by atoms with Gasteiger partial charge in [0.15, 0.2) is 0 Å². The molecule has 1 aromatic carbocycles. The quantitative estimate of drug-likeness (QED) is 0.579. The van der Waals surface area contributed by atoms with E-state index in [9.17, 15) is 8.78 Å². The maximum atomic E-state index is 12.5. The Morgan fingerprint density at radius 2 is 2.05 bits per heavy atom. The molecule has 1 saturated heterocycles. The Balaban J connectivity index is 2.32. The van der Waals surface area contributed by atoms with Crippen molar-refractivity contribution in [2.24, 2.45) is 0 Å². The highest BCUT2D eigenvalue weighted by Crippen LogP contribution is 2.36. The Labute approximate surface area is 121 Å². The normalized spacial score (nSPS) is 17.1. The second kappa shape index (κ2) is 5.92. The topological polar surface area (TPSA) is 3.24 Å². The summed E-state index contributed by atoms with van der Waals surface area (Å²) in [6, 6.07) is 5.83. The fourth-order valence-electron chi connectivity index (χ4n) is 2.34. The van der Waals surface area contributed by atoms with E-state index in [2.05, 4.69) is 23.9 Å². The minimum atomic E-state index is -2.32. The Hall–Kier alpha value is -1.42. The molecule has 0 radical (unpaired) electrons. The third kappa shape index (κ3) is 3.18. The van der Waals surface area contributed by atoms with Gasteiger partial charge in [-0.2, -0.15) is 10.5 Å². The van der Waals surface area contributed by atoms with Crippen LogP contribution in [0.15, 0.2) is 47.5 Å². The van der Waals surface area contributed by atoms with E-state index in [4.69, 9.17) is 0 Å². The van der Waals surface area contributed by atoms with Crippen LogP contribution in [0.25, 0.3) is 0 Å². The van der Waals surface area contributed by atoms with Gasteiger partial charge in [-0.15, -0.1) is 0 Å². The Morgan fingerprint density at radius 3 is 2.60 bits per heavy atom. The molecule has 0 aliphatic carbocycles. The molecule has 20 heavy (non-hydrogen) atoms. The van der Waals surface area contributed by atoms with Crippen LogP contribution in [0.3, 0.4) is 0 Å². The molecule has 1 heterocycles. The van der Waals surface area contributed by atoms with Crippen LogP contribution in [0.2, 0.25) is 0 Å². The monoisotopic (exact) mass is 295 g/mol. The number of benzene rings is 1. The molecule has 1 aliphatic rings. The SMILES string of the molecule is C=C1CC(=C)N(c2cc(S(=C)CC(F)F)ccc2C)C1. The van der Waals surface area contributed by atoms with Crippen molar-refractivity contribution in [3.05, 3.63) is 48.2 Å². The third-order valence-corrected chi connectivity index (χ3v) is 4.92. The van der Waals surface area contributed by atoms with Crippen LogP contribution < -0.4 is 4.90 Å². The largest absolute Gasteiger partial charge is 0.341 e. The summed E-state index contributed by atoms with van der Waals surface area (Å²) in [7, 11) is -0.681. The number of aryl methyl sites for hydroxylation is 1. The van der Waals surface area contributed by atoms with E-state index >= 15 is 0 Å². The number of anilines is 1. The molecular formula is C16H19F2NS. The maximum absolute atomic E-state index is 12.5. The van der Waals surface area contributed by atoms with Gasteiger partial charge in [0.1, 0.15) is 0 Å². The van der Waals surface area contributed by atoms with Crippen molar-refractivity contribution in [3.63, 3.8) is 0 Å². The second-order valence-corrected chi connectivity index (χ2v) is 6.87. The number of alkyl halides is 2. The zero-order valence-corrected chi connectivity index (χ0v) is 12.5. The molecule has 1 nitrogen and oxygen atoms in total. The lowest BCUT2D eigenvalue weighted by molar-refractivity contribution is 0.176. The first-order chi connectivity index (χ1) is 9.38. The highest BCUT2D eigenvalue weighted by atomic mass is 32.2. The van der Waals surface area contributed by atoms with Gasteiger partial charge in [-0.1, -0.05) is 30.7 Å². The predicted molar refractivity (Wildman–Crippen MR) is 85.3 cm³/mol. The minimum Gasteiger partial charge on any atom is -0.341 e. The van der Waals surface area contributed by atoms with Gasteiger partial charge in [0.25, 0.3) is 0 Å². The molecule has 1 atom stereocenters. The first-order valence-electron chi connectivity index (χ1n) is 6.40. The zero-order chi connectivity index (χ0) is 14.9. The van der Waals surface area contributed by atoms with Gasteiger partial charge in [0.05, 0.1) is 5.75 Å². The lowest BCUT2D eigenvalue weighted by atomic mass is 10.2. The van der Waals surface area contributed by atoms with Crippen LogP contribution in [-0.2, 0) is 0 Å². The van der Waals surface area contributed by atoms with Crippen molar-refractivity contribution in [2.45, 2.75) is 24.7 Å². The van der Waals surface area contributed by atoms with Gasteiger partial charge >= 0.3 is 0 Å². The lowest BCUT2D eigenvalue weighted by Crippen LogP contribution is -2.17. The van der Waals surface area contributed by atoms with Crippen molar-refractivity contribution < 1.29 is 8.78 Å². The second-order valence-electron chi connectivity index (χ2n) is 5.08. The van der Waals surface area contributed by atoms with Gasteiger partial charge in [-0.25, -0.2) is 8.78 Å². The van der Waals surface area contributed by atoms with Crippen molar-refractivity contribution in [1.82, 2.24) is 0 Å². The lowest BCUT2D eigenvalue weighted by Gasteiger charge is -2.22. The first kappa shape index (κ1) is 15.0. The molecule has 0 amide bonds. The van der Waals surface area contributed by atoms with Crippen molar-refractivity contribution in [3.8, 4) is 0 Å². The van der Waals surface area contributed by atoms with Crippen LogP contribution in [-0.4, -0.2) is 24.6 Å². The summed E-state index contributed by atoms with van der Waals surface area (Å²) in [6.07, 6.45) is -1.52. The third-order valence-electron chi connectivity index (χ3n) is 3.35. The molecule has 108 valence electrons. The van der Waals surface area contributed by atoms with Crippen molar-refractivity contribution in [1.29, 1.82) is 0 Å². The number of allylic oxidation sites excluding steroid dienone is 1. The molecular weight excluding hydrogens is 276 g/mol. The number of hydrogen-bond acceptors (Lipinski definition) is 1. The van der Waals surface area contributed by atoms with Gasteiger partial charge in [-0.05, 0) is 24.6 Å².